The molecular weight excluding hydrogens is 328 g/mol. The Bertz CT molecular complexity index is 830. The molecule has 1 aliphatic heterocycles. The molecule has 1 aromatic carbocycles. The van der Waals surface area contributed by atoms with Gasteiger partial charge in [-0.2, -0.15) is 0 Å². The lowest BCUT2D eigenvalue weighted by molar-refractivity contribution is -0.121. The molecule has 3 rings (SSSR count). The second kappa shape index (κ2) is 8.45. The zero-order valence-corrected chi connectivity index (χ0v) is 15.7. The van der Waals surface area contributed by atoms with Gasteiger partial charge in [-0.25, -0.2) is 4.98 Å². The van der Waals surface area contributed by atoms with Crippen molar-refractivity contribution in [3.05, 3.63) is 40.4 Å². The molecule has 0 saturated carbocycles. The Morgan fingerprint density at radius 3 is 2.88 bits per heavy atom. The van der Waals surface area contributed by atoms with E-state index in [1.165, 1.54) is 19.3 Å². The highest BCUT2D eigenvalue weighted by atomic mass is 16.1. The van der Waals surface area contributed by atoms with Crippen LogP contribution in [0.15, 0.2) is 29.1 Å². The van der Waals surface area contributed by atoms with Crippen LogP contribution in [0.5, 0.6) is 0 Å². The number of nitrogens with zero attached hydrogens (tertiary/aromatic N) is 3. The summed E-state index contributed by atoms with van der Waals surface area (Å²) in [6.45, 7) is 7.09. The number of piperidine rings is 1. The number of likely N-dealkylation sites (tertiary alicyclic amines) is 1. The number of hydrogen-bond acceptors (Lipinski definition) is 4. The highest BCUT2D eigenvalue weighted by molar-refractivity contribution is 5.77. The number of aromatic nitrogens is 2. The summed E-state index contributed by atoms with van der Waals surface area (Å²) >= 11 is 0. The standard InChI is InChI=1S/C20H28N4O2/c1-15-7-5-6-12-23(15)14-11-21-19(25)10-13-24-16(2)22-18-9-4-3-8-17(18)20(24)26/h3-4,8-9,15H,5-7,10-14H2,1-2H3,(H,21,25). The fourth-order valence-corrected chi connectivity index (χ4v) is 3.67. The van der Waals surface area contributed by atoms with Gasteiger partial charge >= 0.3 is 0 Å². The monoisotopic (exact) mass is 356 g/mol. The van der Waals surface area contributed by atoms with Crippen LogP contribution in [0.4, 0.5) is 0 Å². The van der Waals surface area contributed by atoms with Gasteiger partial charge in [0.25, 0.3) is 5.56 Å². The van der Waals surface area contributed by atoms with E-state index >= 15 is 0 Å². The Balaban J connectivity index is 1.53. The van der Waals surface area contributed by atoms with Gasteiger partial charge in [0.05, 0.1) is 10.9 Å². The largest absolute Gasteiger partial charge is 0.355 e. The van der Waals surface area contributed by atoms with Gasteiger partial charge in [0.2, 0.25) is 5.91 Å². The van der Waals surface area contributed by atoms with Crippen LogP contribution in [-0.2, 0) is 11.3 Å². The number of amides is 1. The summed E-state index contributed by atoms with van der Waals surface area (Å²) in [7, 11) is 0. The Labute approximate surface area is 154 Å². The van der Waals surface area contributed by atoms with Gasteiger partial charge in [-0.15, -0.1) is 0 Å². The van der Waals surface area contributed by atoms with Crippen LogP contribution in [0.2, 0.25) is 0 Å². The normalized spacial score (nSPS) is 18.2. The zero-order chi connectivity index (χ0) is 18.5. The smallest absolute Gasteiger partial charge is 0.261 e. The molecule has 2 aromatic rings. The molecule has 26 heavy (non-hydrogen) atoms. The second-order valence-corrected chi connectivity index (χ2v) is 7.11. The third-order valence-corrected chi connectivity index (χ3v) is 5.28. The number of para-hydroxylation sites is 1. The molecule has 1 unspecified atom stereocenters. The molecule has 1 fully saturated rings. The van der Waals surface area contributed by atoms with Gasteiger partial charge in [-0.1, -0.05) is 18.6 Å². The molecule has 1 aromatic heterocycles. The summed E-state index contributed by atoms with van der Waals surface area (Å²) in [5.74, 6) is 0.623. The third kappa shape index (κ3) is 4.30. The van der Waals surface area contributed by atoms with Crippen molar-refractivity contribution in [3.8, 4) is 0 Å². The van der Waals surface area contributed by atoms with E-state index in [2.05, 4.69) is 22.1 Å². The van der Waals surface area contributed by atoms with Gasteiger partial charge in [0.1, 0.15) is 5.82 Å². The molecule has 0 spiro atoms. The average Bonchev–Trinajstić information content (AvgIpc) is 2.63. The van der Waals surface area contributed by atoms with Gasteiger partial charge in [-0.3, -0.25) is 19.1 Å². The number of carbonyl (C=O) groups is 1. The number of hydrogen-bond donors (Lipinski definition) is 1. The van der Waals surface area contributed by atoms with E-state index in [-0.39, 0.29) is 17.9 Å². The molecule has 0 radical (unpaired) electrons. The highest BCUT2D eigenvalue weighted by Gasteiger charge is 2.17. The molecule has 1 N–H and O–H groups in total. The molecular formula is C20H28N4O2. The van der Waals surface area contributed by atoms with Gasteiger partial charge in [-0.05, 0) is 45.4 Å². The van der Waals surface area contributed by atoms with E-state index in [0.717, 1.165) is 13.1 Å². The predicted octanol–water partition coefficient (Wildman–Crippen LogP) is 2.09. The van der Waals surface area contributed by atoms with Crippen LogP contribution >= 0.6 is 0 Å². The first-order valence-electron chi connectivity index (χ1n) is 9.53. The first-order chi connectivity index (χ1) is 12.6. The first kappa shape index (κ1) is 18.6. The molecule has 1 amide bonds. The van der Waals surface area contributed by atoms with Crippen molar-refractivity contribution in [1.29, 1.82) is 0 Å². The van der Waals surface area contributed by atoms with Crippen LogP contribution in [0.1, 0.15) is 38.4 Å². The Morgan fingerprint density at radius 1 is 1.27 bits per heavy atom. The van der Waals surface area contributed by atoms with Crippen LogP contribution < -0.4 is 10.9 Å². The molecule has 1 saturated heterocycles. The van der Waals surface area contributed by atoms with Crippen molar-refractivity contribution < 1.29 is 4.79 Å². The molecule has 140 valence electrons. The SMILES string of the molecule is Cc1nc2ccccc2c(=O)n1CCC(=O)NCCN1CCCCC1C. The minimum absolute atomic E-state index is 0.0193. The summed E-state index contributed by atoms with van der Waals surface area (Å²) in [6, 6.07) is 7.92. The third-order valence-electron chi connectivity index (χ3n) is 5.28. The first-order valence-corrected chi connectivity index (χ1v) is 9.53. The zero-order valence-electron chi connectivity index (χ0n) is 15.7. The number of carbonyl (C=O) groups excluding carboxylic acids is 1. The summed E-state index contributed by atoms with van der Waals surface area (Å²) in [5.41, 5.74) is 0.620. The lowest BCUT2D eigenvalue weighted by atomic mass is 10.0. The second-order valence-electron chi connectivity index (χ2n) is 7.11. The summed E-state index contributed by atoms with van der Waals surface area (Å²) < 4.78 is 1.59. The van der Waals surface area contributed by atoms with Gasteiger partial charge < -0.3 is 5.32 Å². The van der Waals surface area contributed by atoms with E-state index in [1.54, 1.807) is 10.6 Å². The molecule has 6 nitrogen and oxygen atoms in total. The van der Waals surface area contributed by atoms with Crippen LogP contribution in [0.3, 0.4) is 0 Å². The van der Waals surface area contributed by atoms with E-state index in [4.69, 9.17) is 0 Å². The number of nitrogens with one attached hydrogen (secondary N) is 1. The van der Waals surface area contributed by atoms with E-state index in [9.17, 15) is 9.59 Å². The molecule has 0 bridgehead atoms. The summed E-state index contributed by atoms with van der Waals surface area (Å²) in [4.78, 5) is 31.7. The van der Waals surface area contributed by atoms with E-state index in [1.807, 2.05) is 25.1 Å². The average molecular weight is 356 g/mol. The highest BCUT2D eigenvalue weighted by Crippen LogP contribution is 2.15. The fourth-order valence-electron chi connectivity index (χ4n) is 3.67. The molecule has 0 aliphatic carbocycles. The Hall–Kier alpha value is -2.21. The summed E-state index contributed by atoms with van der Waals surface area (Å²) in [6.07, 6.45) is 4.08. The minimum atomic E-state index is -0.0805. The van der Waals surface area contributed by atoms with E-state index < -0.39 is 0 Å². The number of aryl methyl sites for hydroxylation is 1. The Morgan fingerprint density at radius 2 is 2.08 bits per heavy atom. The molecule has 2 heterocycles. The lowest BCUT2D eigenvalue weighted by Gasteiger charge is -2.33. The lowest BCUT2D eigenvalue weighted by Crippen LogP contribution is -2.42. The molecule has 1 atom stereocenters. The maximum atomic E-state index is 12.6. The topological polar surface area (TPSA) is 67.2 Å². The van der Waals surface area contributed by atoms with Crippen molar-refractivity contribution in [3.63, 3.8) is 0 Å². The molecule has 1 aliphatic rings. The van der Waals surface area contributed by atoms with Gasteiger partial charge in [0, 0.05) is 32.1 Å². The Kier molecular flexibility index (Phi) is 6.04. The van der Waals surface area contributed by atoms with Crippen LogP contribution in [-0.4, -0.2) is 46.0 Å². The van der Waals surface area contributed by atoms with Crippen molar-refractivity contribution in [2.24, 2.45) is 0 Å². The van der Waals surface area contributed by atoms with Crippen LogP contribution in [0.25, 0.3) is 10.9 Å². The number of benzene rings is 1. The maximum Gasteiger partial charge on any atom is 0.261 e. The fraction of sp³-hybridized carbons (Fsp3) is 0.550. The number of rotatable bonds is 6. The quantitative estimate of drug-likeness (QED) is 0.861. The maximum absolute atomic E-state index is 12.6. The van der Waals surface area contributed by atoms with E-state index in [0.29, 0.717) is 35.9 Å². The predicted molar refractivity (Wildman–Crippen MR) is 103 cm³/mol. The van der Waals surface area contributed by atoms with Gasteiger partial charge in [0.15, 0.2) is 0 Å². The van der Waals surface area contributed by atoms with Crippen molar-refractivity contribution in [2.45, 2.75) is 52.1 Å². The van der Waals surface area contributed by atoms with Crippen LogP contribution in [0, 0.1) is 6.92 Å². The van der Waals surface area contributed by atoms with Crippen molar-refractivity contribution in [2.75, 3.05) is 19.6 Å². The minimum Gasteiger partial charge on any atom is -0.355 e. The number of fused-ring (bicyclic) bond motifs is 1. The molecule has 6 heteroatoms. The van der Waals surface area contributed by atoms with Crippen molar-refractivity contribution >= 4 is 16.8 Å². The summed E-state index contributed by atoms with van der Waals surface area (Å²) in [5, 5.41) is 3.58. The van der Waals surface area contributed by atoms with Crippen molar-refractivity contribution in [1.82, 2.24) is 19.8 Å².